The average Bonchev–Trinajstić information content (AvgIpc) is 2.43. The van der Waals surface area contributed by atoms with Crippen LogP contribution in [0, 0.1) is 5.92 Å². The lowest BCUT2D eigenvalue weighted by Gasteiger charge is -2.31. The number of nitrogens with one attached hydrogen (secondary N) is 1. The van der Waals surface area contributed by atoms with Crippen LogP contribution in [0.5, 0.6) is 0 Å². The first kappa shape index (κ1) is 17.9. The maximum atomic E-state index is 12.0. The minimum Gasteiger partial charge on any atom is -0.480 e. The van der Waals surface area contributed by atoms with Crippen molar-refractivity contribution in [2.75, 3.05) is 18.8 Å². The quantitative estimate of drug-likeness (QED) is 0.576. The van der Waals surface area contributed by atoms with E-state index < -0.39 is 40.0 Å². The first-order valence-corrected chi connectivity index (χ1v) is 8.49. The van der Waals surface area contributed by atoms with Gasteiger partial charge in [0.2, 0.25) is 15.9 Å². The molecular weight excluding hydrogens is 300 g/mol. The molecular formula is C12H22N2O6S. The molecule has 1 aliphatic rings. The van der Waals surface area contributed by atoms with Crippen LogP contribution in [0.4, 0.5) is 0 Å². The van der Waals surface area contributed by atoms with Crippen molar-refractivity contribution in [3.63, 3.8) is 0 Å². The fourth-order valence-corrected chi connectivity index (χ4v) is 3.37. The second-order valence-corrected chi connectivity index (χ2v) is 7.40. The highest BCUT2D eigenvalue weighted by molar-refractivity contribution is 7.89. The normalized spacial score (nSPS) is 20.7. The first-order chi connectivity index (χ1) is 9.69. The van der Waals surface area contributed by atoms with Crippen molar-refractivity contribution >= 4 is 21.9 Å². The Kier molecular flexibility index (Phi) is 6.11. The molecule has 0 spiro atoms. The first-order valence-electron chi connectivity index (χ1n) is 6.88. The number of carboxylic acid groups (broad SMARTS) is 1. The lowest BCUT2D eigenvalue weighted by atomic mass is 9.96. The summed E-state index contributed by atoms with van der Waals surface area (Å²) in [5, 5.41) is 20.5. The van der Waals surface area contributed by atoms with E-state index >= 15 is 0 Å². The Hall–Kier alpha value is -1.19. The van der Waals surface area contributed by atoms with E-state index in [1.165, 1.54) is 11.2 Å². The molecule has 0 aliphatic carbocycles. The number of aliphatic hydroxyl groups excluding tert-OH is 1. The van der Waals surface area contributed by atoms with Crippen molar-refractivity contribution in [3.05, 3.63) is 0 Å². The van der Waals surface area contributed by atoms with Crippen LogP contribution in [0.1, 0.15) is 26.7 Å². The SMILES string of the molecule is CCS(=O)(=O)N1CCC(C(=O)N[C@H](C(=O)O)[C@@H](C)O)CC1. The summed E-state index contributed by atoms with van der Waals surface area (Å²) in [6, 6.07) is -1.35. The number of aliphatic hydroxyl groups is 1. The molecule has 1 saturated heterocycles. The molecule has 2 atom stereocenters. The third-order valence-electron chi connectivity index (χ3n) is 3.63. The fraction of sp³-hybridized carbons (Fsp3) is 0.833. The number of sulfonamides is 1. The van der Waals surface area contributed by atoms with Crippen LogP contribution in [0.2, 0.25) is 0 Å². The molecule has 1 fully saturated rings. The second kappa shape index (κ2) is 7.19. The number of hydrogen-bond acceptors (Lipinski definition) is 5. The van der Waals surface area contributed by atoms with Gasteiger partial charge in [-0.1, -0.05) is 0 Å². The molecule has 9 heteroatoms. The molecule has 0 radical (unpaired) electrons. The summed E-state index contributed by atoms with van der Waals surface area (Å²) in [5.41, 5.74) is 0. The molecule has 8 nitrogen and oxygen atoms in total. The van der Waals surface area contributed by atoms with E-state index in [0.29, 0.717) is 12.8 Å². The predicted octanol–water partition coefficient (Wildman–Crippen LogP) is -1.00. The Labute approximate surface area is 124 Å². The van der Waals surface area contributed by atoms with Crippen LogP contribution in [0.25, 0.3) is 0 Å². The van der Waals surface area contributed by atoms with Gasteiger partial charge in [0.25, 0.3) is 0 Å². The zero-order valence-corrected chi connectivity index (χ0v) is 13.0. The van der Waals surface area contributed by atoms with Gasteiger partial charge in [-0.05, 0) is 26.7 Å². The van der Waals surface area contributed by atoms with Gasteiger partial charge in [-0.3, -0.25) is 4.79 Å². The largest absolute Gasteiger partial charge is 0.480 e. The molecule has 3 N–H and O–H groups in total. The van der Waals surface area contributed by atoms with E-state index in [9.17, 15) is 23.1 Å². The number of aliphatic carboxylic acids is 1. The molecule has 0 aromatic carbocycles. The topological polar surface area (TPSA) is 124 Å². The lowest BCUT2D eigenvalue weighted by molar-refractivity contribution is -0.145. The maximum Gasteiger partial charge on any atom is 0.328 e. The summed E-state index contributed by atoms with van der Waals surface area (Å²) < 4.78 is 24.8. The maximum absolute atomic E-state index is 12.0. The number of nitrogens with zero attached hydrogens (tertiary/aromatic N) is 1. The van der Waals surface area contributed by atoms with Crippen molar-refractivity contribution in [3.8, 4) is 0 Å². The molecule has 1 heterocycles. The van der Waals surface area contributed by atoms with Gasteiger partial charge in [-0.2, -0.15) is 0 Å². The molecule has 1 rings (SSSR count). The predicted molar refractivity (Wildman–Crippen MR) is 75.0 cm³/mol. The highest BCUT2D eigenvalue weighted by Gasteiger charge is 2.33. The van der Waals surface area contributed by atoms with E-state index in [2.05, 4.69) is 5.32 Å². The molecule has 122 valence electrons. The van der Waals surface area contributed by atoms with E-state index in [0.717, 1.165) is 0 Å². The fourth-order valence-electron chi connectivity index (χ4n) is 2.24. The Bertz CT molecular complexity index is 482. The van der Waals surface area contributed by atoms with Crippen molar-refractivity contribution in [2.45, 2.75) is 38.8 Å². The van der Waals surface area contributed by atoms with Crippen LogP contribution in [0.3, 0.4) is 0 Å². The van der Waals surface area contributed by atoms with Gasteiger partial charge in [-0.25, -0.2) is 17.5 Å². The van der Waals surface area contributed by atoms with Crippen LogP contribution in [0.15, 0.2) is 0 Å². The average molecular weight is 322 g/mol. The molecule has 0 unspecified atom stereocenters. The molecule has 21 heavy (non-hydrogen) atoms. The summed E-state index contributed by atoms with van der Waals surface area (Å²) in [7, 11) is -3.25. The second-order valence-electron chi connectivity index (χ2n) is 5.14. The Morgan fingerprint density at radius 2 is 1.86 bits per heavy atom. The third kappa shape index (κ3) is 4.65. The standard InChI is InChI=1S/C12H22N2O6S/c1-3-21(19,20)14-6-4-9(5-7-14)11(16)13-10(8(2)15)12(17)18/h8-10,15H,3-7H2,1-2H3,(H,13,16)(H,17,18)/t8-,10+/m1/s1. The van der Waals surface area contributed by atoms with Gasteiger partial charge in [0.05, 0.1) is 11.9 Å². The van der Waals surface area contributed by atoms with E-state index in [-0.39, 0.29) is 18.8 Å². The third-order valence-corrected chi connectivity index (χ3v) is 5.51. The number of rotatable bonds is 6. The van der Waals surface area contributed by atoms with Crippen molar-refractivity contribution in [1.29, 1.82) is 0 Å². The zero-order valence-electron chi connectivity index (χ0n) is 12.2. The van der Waals surface area contributed by atoms with Crippen LogP contribution < -0.4 is 5.32 Å². The van der Waals surface area contributed by atoms with Crippen molar-refractivity contribution < 1.29 is 28.2 Å². The lowest BCUT2D eigenvalue weighted by Crippen LogP contribution is -2.51. The molecule has 0 saturated carbocycles. The molecule has 0 bridgehead atoms. The summed E-state index contributed by atoms with van der Waals surface area (Å²) in [5.74, 6) is -2.18. The number of hydrogen-bond donors (Lipinski definition) is 3. The van der Waals surface area contributed by atoms with Gasteiger partial charge in [0.1, 0.15) is 0 Å². The highest BCUT2D eigenvalue weighted by atomic mass is 32.2. The summed E-state index contributed by atoms with van der Waals surface area (Å²) >= 11 is 0. The smallest absolute Gasteiger partial charge is 0.328 e. The van der Waals surface area contributed by atoms with Gasteiger partial charge in [-0.15, -0.1) is 0 Å². The zero-order chi connectivity index (χ0) is 16.2. The number of piperidine rings is 1. The number of amides is 1. The number of carbonyl (C=O) groups excluding carboxylic acids is 1. The summed E-state index contributed by atoms with van der Waals surface area (Å²) in [6.07, 6.45) is -0.513. The van der Waals surface area contributed by atoms with Crippen LogP contribution in [-0.2, 0) is 19.6 Å². The minimum atomic E-state index is -3.25. The molecule has 0 aromatic heterocycles. The molecule has 1 amide bonds. The minimum absolute atomic E-state index is 0.0208. The molecule has 0 aromatic rings. The van der Waals surface area contributed by atoms with Gasteiger partial charge >= 0.3 is 5.97 Å². The van der Waals surface area contributed by atoms with Crippen LogP contribution >= 0.6 is 0 Å². The van der Waals surface area contributed by atoms with Gasteiger partial charge < -0.3 is 15.5 Å². The van der Waals surface area contributed by atoms with E-state index in [4.69, 9.17) is 5.11 Å². The van der Waals surface area contributed by atoms with Gasteiger partial charge in [0.15, 0.2) is 6.04 Å². The summed E-state index contributed by atoms with van der Waals surface area (Å²) in [6.45, 7) is 3.35. The van der Waals surface area contributed by atoms with E-state index in [1.807, 2.05) is 0 Å². The van der Waals surface area contributed by atoms with Crippen molar-refractivity contribution in [2.24, 2.45) is 5.92 Å². The Balaban J connectivity index is 2.58. The van der Waals surface area contributed by atoms with Crippen LogP contribution in [-0.4, -0.2) is 65.8 Å². The van der Waals surface area contributed by atoms with E-state index in [1.54, 1.807) is 6.92 Å². The van der Waals surface area contributed by atoms with Crippen molar-refractivity contribution in [1.82, 2.24) is 9.62 Å². The monoisotopic (exact) mass is 322 g/mol. The highest BCUT2D eigenvalue weighted by Crippen LogP contribution is 2.20. The molecule has 1 aliphatic heterocycles. The number of carbonyl (C=O) groups is 2. The Morgan fingerprint density at radius 3 is 2.24 bits per heavy atom. The summed E-state index contributed by atoms with van der Waals surface area (Å²) in [4.78, 5) is 22.9. The Morgan fingerprint density at radius 1 is 1.33 bits per heavy atom. The number of carboxylic acids is 1. The van der Waals surface area contributed by atoms with Gasteiger partial charge in [0, 0.05) is 19.0 Å².